The number of esters is 1. The van der Waals surface area contributed by atoms with Gasteiger partial charge < -0.3 is 9.64 Å². The third kappa shape index (κ3) is 3.84. The van der Waals surface area contributed by atoms with Gasteiger partial charge in [-0.1, -0.05) is 29.5 Å². The molecule has 1 aromatic heterocycles. The van der Waals surface area contributed by atoms with Crippen molar-refractivity contribution in [2.75, 3.05) is 31.6 Å². The van der Waals surface area contributed by atoms with Crippen LogP contribution in [0.25, 0.3) is 0 Å². The third-order valence-electron chi connectivity index (χ3n) is 5.40. The van der Waals surface area contributed by atoms with Gasteiger partial charge in [0, 0.05) is 42.5 Å². The number of carbonyl (C=O) groups is 1. The molecule has 2 aromatic rings. The Balaban J connectivity index is 1.47. The van der Waals surface area contributed by atoms with Crippen molar-refractivity contribution in [2.45, 2.75) is 24.9 Å². The molecule has 2 aliphatic heterocycles. The van der Waals surface area contributed by atoms with Crippen LogP contribution in [0.15, 0.2) is 42.6 Å². The van der Waals surface area contributed by atoms with Gasteiger partial charge in [0.15, 0.2) is 0 Å². The van der Waals surface area contributed by atoms with Crippen molar-refractivity contribution in [1.29, 1.82) is 0 Å². The predicted octanol–water partition coefficient (Wildman–Crippen LogP) is 3.23. The molecule has 0 spiro atoms. The van der Waals surface area contributed by atoms with Gasteiger partial charge in [-0.3, -0.25) is 4.90 Å². The second-order valence-electron chi connectivity index (χ2n) is 7.08. The number of halogens is 1. The van der Waals surface area contributed by atoms with Crippen LogP contribution >= 0.6 is 11.6 Å². The van der Waals surface area contributed by atoms with Crippen LogP contribution in [0.2, 0.25) is 5.02 Å². The zero-order valence-electron chi connectivity index (χ0n) is 15.8. The van der Waals surface area contributed by atoms with Gasteiger partial charge in [-0.25, -0.2) is 9.78 Å². The summed E-state index contributed by atoms with van der Waals surface area (Å²) in [7, 11) is 1.40. The number of pyridine rings is 1. The molecule has 0 bridgehead atoms. The quantitative estimate of drug-likeness (QED) is 0.577. The second-order valence-corrected chi connectivity index (χ2v) is 7.51. The van der Waals surface area contributed by atoms with E-state index in [2.05, 4.69) is 26.6 Å². The van der Waals surface area contributed by atoms with Crippen LogP contribution in [0.3, 0.4) is 0 Å². The summed E-state index contributed by atoms with van der Waals surface area (Å²) >= 11 is 6.05. The number of aromatic nitrogens is 1. The average Bonchev–Trinajstić information content (AvgIpc) is 3.14. The third-order valence-corrected chi connectivity index (χ3v) is 5.64. The van der Waals surface area contributed by atoms with Crippen LogP contribution in [0.5, 0.6) is 0 Å². The Labute approximate surface area is 170 Å². The van der Waals surface area contributed by atoms with Gasteiger partial charge >= 0.3 is 5.97 Å². The number of ether oxygens (including phenoxy) is 1. The van der Waals surface area contributed by atoms with E-state index in [4.69, 9.17) is 16.3 Å². The van der Waals surface area contributed by atoms with E-state index in [1.165, 1.54) is 7.11 Å². The zero-order chi connectivity index (χ0) is 19.5. The molecule has 2 fully saturated rings. The lowest BCUT2D eigenvalue weighted by Gasteiger charge is -2.39. The van der Waals surface area contributed by atoms with Crippen LogP contribution in [0.1, 0.15) is 28.8 Å². The van der Waals surface area contributed by atoms with Gasteiger partial charge in [0.2, 0.25) is 0 Å². The molecule has 0 radical (unpaired) electrons. The monoisotopic (exact) mass is 395 g/mol. The summed E-state index contributed by atoms with van der Waals surface area (Å²) in [5, 5.41) is 0.710. The first-order valence-corrected chi connectivity index (χ1v) is 9.84. The number of hydrogen-bond donors (Lipinski definition) is 0. The van der Waals surface area contributed by atoms with Crippen molar-refractivity contribution in [3.8, 4) is 11.8 Å². The normalized spacial score (nSPS) is 21.6. The summed E-state index contributed by atoms with van der Waals surface area (Å²) in [6, 6.07) is 11.9. The second kappa shape index (κ2) is 8.22. The number of fused-ring (bicyclic) bond motifs is 1. The largest absolute Gasteiger partial charge is 0.465 e. The van der Waals surface area contributed by atoms with E-state index in [-0.39, 0.29) is 12.0 Å². The first-order chi connectivity index (χ1) is 13.7. The smallest absolute Gasteiger partial charge is 0.341 e. The summed E-state index contributed by atoms with van der Waals surface area (Å²) in [6.45, 7) is 2.56. The van der Waals surface area contributed by atoms with Gasteiger partial charge in [0.25, 0.3) is 0 Å². The Morgan fingerprint density at radius 3 is 2.96 bits per heavy atom. The number of methoxy groups -OCH3 is 1. The molecule has 2 aliphatic rings. The Bertz CT molecular complexity index is 937. The standard InChI is InChI=1S/C22H22ClN3O2/c1-28-22(27)20-6-3-11-24-21(20)25-12-13-26-18(9-10-19(26)15-25)8-7-16-4-2-5-17(23)14-16/h2-6,11,14,18-19H,9-10,12-13,15H2,1H3. The number of anilines is 1. The van der Waals surface area contributed by atoms with E-state index in [0.29, 0.717) is 22.4 Å². The fourth-order valence-electron chi connectivity index (χ4n) is 4.05. The molecule has 4 rings (SSSR count). The van der Waals surface area contributed by atoms with E-state index in [9.17, 15) is 4.79 Å². The molecule has 0 N–H and O–H groups in total. The summed E-state index contributed by atoms with van der Waals surface area (Å²) in [4.78, 5) is 21.2. The molecule has 1 aromatic carbocycles. The minimum atomic E-state index is -0.345. The average molecular weight is 396 g/mol. The minimum absolute atomic E-state index is 0.259. The van der Waals surface area contributed by atoms with E-state index in [0.717, 1.165) is 38.0 Å². The molecule has 0 amide bonds. The molecule has 28 heavy (non-hydrogen) atoms. The van der Waals surface area contributed by atoms with Crippen LogP contribution in [-0.4, -0.2) is 54.7 Å². The first kappa shape index (κ1) is 18.8. The molecular formula is C22H22ClN3O2. The first-order valence-electron chi connectivity index (χ1n) is 9.47. The molecule has 2 atom stereocenters. The number of benzene rings is 1. The highest BCUT2D eigenvalue weighted by Gasteiger charge is 2.37. The zero-order valence-corrected chi connectivity index (χ0v) is 16.5. The highest BCUT2D eigenvalue weighted by molar-refractivity contribution is 6.30. The predicted molar refractivity (Wildman–Crippen MR) is 110 cm³/mol. The van der Waals surface area contributed by atoms with E-state index in [1.807, 2.05) is 24.3 Å². The number of rotatable bonds is 2. The Morgan fingerprint density at radius 2 is 2.14 bits per heavy atom. The highest BCUT2D eigenvalue weighted by atomic mass is 35.5. The van der Waals surface area contributed by atoms with Gasteiger partial charge in [0.1, 0.15) is 11.4 Å². The SMILES string of the molecule is COC(=O)c1cccnc1N1CCN2C(C#Cc3cccc(Cl)c3)CCC2C1. The van der Waals surface area contributed by atoms with Gasteiger partial charge in [-0.2, -0.15) is 0 Å². The van der Waals surface area contributed by atoms with Crippen LogP contribution in [0, 0.1) is 11.8 Å². The summed E-state index contributed by atoms with van der Waals surface area (Å²) < 4.78 is 4.91. The molecule has 6 heteroatoms. The molecule has 0 aliphatic carbocycles. The van der Waals surface area contributed by atoms with Gasteiger partial charge in [-0.05, 0) is 43.2 Å². The lowest BCUT2D eigenvalue weighted by Crippen LogP contribution is -2.52. The van der Waals surface area contributed by atoms with E-state index < -0.39 is 0 Å². The summed E-state index contributed by atoms with van der Waals surface area (Å²) in [5.74, 6) is 7.06. The van der Waals surface area contributed by atoms with Gasteiger partial charge in [-0.15, -0.1) is 0 Å². The molecule has 3 heterocycles. The Hall–Kier alpha value is -2.55. The Kier molecular flexibility index (Phi) is 5.52. The maximum Gasteiger partial charge on any atom is 0.341 e. The molecule has 2 saturated heterocycles. The maximum absolute atomic E-state index is 12.1. The van der Waals surface area contributed by atoms with E-state index in [1.54, 1.807) is 18.3 Å². The van der Waals surface area contributed by atoms with Crippen LogP contribution in [0.4, 0.5) is 5.82 Å². The lowest BCUT2D eigenvalue weighted by molar-refractivity contribution is 0.0600. The topological polar surface area (TPSA) is 45.7 Å². The van der Waals surface area contributed by atoms with Crippen LogP contribution < -0.4 is 4.90 Å². The number of carbonyl (C=O) groups excluding carboxylic acids is 1. The van der Waals surface area contributed by atoms with Crippen molar-refractivity contribution in [3.63, 3.8) is 0 Å². The molecule has 0 saturated carbocycles. The number of hydrogen-bond acceptors (Lipinski definition) is 5. The lowest BCUT2D eigenvalue weighted by atomic mass is 10.1. The highest BCUT2D eigenvalue weighted by Crippen LogP contribution is 2.30. The maximum atomic E-state index is 12.1. The van der Waals surface area contributed by atoms with Gasteiger partial charge in [0.05, 0.1) is 13.2 Å². The number of nitrogens with zero attached hydrogens (tertiary/aromatic N) is 3. The van der Waals surface area contributed by atoms with Crippen molar-refractivity contribution in [2.24, 2.45) is 0 Å². The van der Waals surface area contributed by atoms with Crippen LogP contribution in [-0.2, 0) is 4.74 Å². The summed E-state index contributed by atoms with van der Waals surface area (Å²) in [5.41, 5.74) is 1.47. The fourth-order valence-corrected chi connectivity index (χ4v) is 4.24. The van der Waals surface area contributed by atoms with Crippen molar-refractivity contribution in [1.82, 2.24) is 9.88 Å². The Morgan fingerprint density at radius 1 is 1.25 bits per heavy atom. The van der Waals surface area contributed by atoms with E-state index >= 15 is 0 Å². The molecule has 5 nitrogen and oxygen atoms in total. The molecular weight excluding hydrogens is 374 g/mol. The minimum Gasteiger partial charge on any atom is -0.465 e. The fraction of sp³-hybridized carbons (Fsp3) is 0.364. The molecule has 2 unspecified atom stereocenters. The van der Waals surface area contributed by atoms with Crippen molar-refractivity contribution >= 4 is 23.4 Å². The number of piperazine rings is 1. The summed E-state index contributed by atoms with van der Waals surface area (Å²) in [6.07, 6.45) is 3.87. The van der Waals surface area contributed by atoms with Crippen molar-refractivity contribution in [3.05, 3.63) is 58.7 Å². The van der Waals surface area contributed by atoms with Crippen molar-refractivity contribution < 1.29 is 9.53 Å². The molecule has 144 valence electrons.